The highest BCUT2D eigenvalue weighted by molar-refractivity contribution is 7.80. The molecule has 0 aliphatic carbocycles. The Morgan fingerprint density at radius 2 is 2.00 bits per heavy atom. The van der Waals surface area contributed by atoms with Crippen molar-refractivity contribution in [3.63, 3.8) is 0 Å². The fourth-order valence-corrected chi connectivity index (χ4v) is 1.81. The van der Waals surface area contributed by atoms with E-state index in [0.717, 1.165) is 24.4 Å². The summed E-state index contributed by atoms with van der Waals surface area (Å²) in [5.41, 5.74) is 0.910. The van der Waals surface area contributed by atoms with Gasteiger partial charge in [0.1, 0.15) is 5.75 Å². The Bertz CT molecular complexity index is 369. The van der Waals surface area contributed by atoms with E-state index in [1.807, 2.05) is 31.2 Å². The van der Waals surface area contributed by atoms with Crippen LogP contribution < -0.4 is 15.4 Å². The molecule has 1 aromatic rings. The highest BCUT2D eigenvalue weighted by atomic mass is 32.1. The fourth-order valence-electron chi connectivity index (χ4n) is 1.59. The van der Waals surface area contributed by atoms with Gasteiger partial charge >= 0.3 is 0 Å². The Balaban J connectivity index is 2.43. The standard InChI is InChI=1S/C14H22N2OS/c1-3-5-8-11-15-14(18)16-12-9-6-7-10-13(12)17-4-2/h6-7,9-10H,3-5,8,11H2,1-2H3,(H2,15,16,18). The topological polar surface area (TPSA) is 33.3 Å². The number of ether oxygens (including phenoxy) is 1. The van der Waals surface area contributed by atoms with E-state index in [4.69, 9.17) is 17.0 Å². The van der Waals surface area contributed by atoms with Crippen LogP contribution in [-0.2, 0) is 0 Å². The Labute approximate surface area is 115 Å². The summed E-state index contributed by atoms with van der Waals surface area (Å²) in [5, 5.41) is 7.02. The van der Waals surface area contributed by atoms with Gasteiger partial charge in [-0.3, -0.25) is 0 Å². The Morgan fingerprint density at radius 3 is 2.72 bits per heavy atom. The normalized spacial score (nSPS) is 9.89. The predicted molar refractivity (Wildman–Crippen MR) is 81.4 cm³/mol. The zero-order chi connectivity index (χ0) is 13.2. The first-order chi connectivity index (χ1) is 8.77. The van der Waals surface area contributed by atoms with E-state index in [-0.39, 0.29) is 0 Å². The van der Waals surface area contributed by atoms with Gasteiger partial charge in [0.2, 0.25) is 0 Å². The van der Waals surface area contributed by atoms with Gasteiger partial charge in [0.15, 0.2) is 5.11 Å². The molecule has 0 unspecified atom stereocenters. The van der Waals surface area contributed by atoms with E-state index in [9.17, 15) is 0 Å². The number of benzene rings is 1. The smallest absolute Gasteiger partial charge is 0.170 e. The number of rotatable bonds is 7. The second-order valence-corrected chi connectivity index (χ2v) is 4.43. The number of hydrogen-bond acceptors (Lipinski definition) is 2. The molecule has 0 aliphatic heterocycles. The molecule has 1 rings (SSSR count). The monoisotopic (exact) mass is 266 g/mol. The summed E-state index contributed by atoms with van der Waals surface area (Å²) in [4.78, 5) is 0. The average Bonchev–Trinajstić information content (AvgIpc) is 2.37. The molecule has 0 saturated carbocycles. The molecule has 0 fully saturated rings. The van der Waals surface area contributed by atoms with Crippen molar-refractivity contribution in [3.05, 3.63) is 24.3 Å². The van der Waals surface area contributed by atoms with Crippen molar-refractivity contribution in [1.29, 1.82) is 0 Å². The third-order valence-electron chi connectivity index (χ3n) is 2.50. The maximum Gasteiger partial charge on any atom is 0.170 e. The second kappa shape index (κ2) is 8.75. The number of hydrogen-bond donors (Lipinski definition) is 2. The molecule has 100 valence electrons. The summed E-state index contributed by atoms with van der Waals surface area (Å²) in [7, 11) is 0. The lowest BCUT2D eigenvalue weighted by molar-refractivity contribution is 0.342. The summed E-state index contributed by atoms with van der Waals surface area (Å²) in [6.07, 6.45) is 3.59. The van der Waals surface area contributed by atoms with Gasteiger partial charge in [-0.1, -0.05) is 31.9 Å². The zero-order valence-corrected chi connectivity index (χ0v) is 12.0. The molecule has 1 aromatic carbocycles. The highest BCUT2D eigenvalue weighted by Crippen LogP contribution is 2.23. The van der Waals surface area contributed by atoms with Gasteiger partial charge in [0, 0.05) is 6.54 Å². The quantitative estimate of drug-likeness (QED) is 0.584. The first-order valence-electron chi connectivity index (χ1n) is 6.54. The van der Waals surface area contributed by atoms with Gasteiger partial charge in [-0.2, -0.15) is 0 Å². The van der Waals surface area contributed by atoms with Crippen molar-refractivity contribution in [3.8, 4) is 5.75 Å². The van der Waals surface area contributed by atoms with Crippen molar-refractivity contribution in [2.24, 2.45) is 0 Å². The molecule has 0 bridgehead atoms. The number of unbranched alkanes of at least 4 members (excludes halogenated alkanes) is 2. The number of nitrogens with one attached hydrogen (secondary N) is 2. The summed E-state index contributed by atoms with van der Waals surface area (Å²) < 4.78 is 5.53. The van der Waals surface area contributed by atoms with Crippen LogP contribution in [0, 0.1) is 0 Å². The van der Waals surface area contributed by atoms with Crippen LogP contribution in [0.15, 0.2) is 24.3 Å². The summed E-state index contributed by atoms with van der Waals surface area (Å²) in [6.45, 7) is 5.72. The van der Waals surface area contributed by atoms with Crippen molar-refractivity contribution in [1.82, 2.24) is 5.32 Å². The van der Waals surface area contributed by atoms with E-state index in [1.54, 1.807) is 0 Å². The van der Waals surface area contributed by atoms with Gasteiger partial charge < -0.3 is 15.4 Å². The zero-order valence-electron chi connectivity index (χ0n) is 11.2. The second-order valence-electron chi connectivity index (χ2n) is 4.02. The van der Waals surface area contributed by atoms with Gasteiger partial charge in [-0.05, 0) is 37.7 Å². The molecule has 0 spiro atoms. The van der Waals surface area contributed by atoms with Crippen LogP contribution in [-0.4, -0.2) is 18.3 Å². The van der Waals surface area contributed by atoms with Gasteiger partial charge in [-0.25, -0.2) is 0 Å². The van der Waals surface area contributed by atoms with Crippen molar-refractivity contribution >= 4 is 23.0 Å². The molecular weight excluding hydrogens is 244 g/mol. The SMILES string of the molecule is CCCCCNC(=S)Nc1ccccc1OCC. The van der Waals surface area contributed by atoms with Crippen LogP contribution >= 0.6 is 12.2 Å². The minimum absolute atomic E-state index is 0.648. The molecule has 18 heavy (non-hydrogen) atoms. The summed E-state index contributed by atoms with van der Waals surface area (Å²) in [5.74, 6) is 0.831. The third kappa shape index (κ3) is 5.36. The molecular formula is C14H22N2OS. The molecule has 0 saturated heterocycles. The molecule has 4 heteroatoms. The van der Waals surface area contributed by atoms with Crippen LogP contribution in [0.25, 0.3) is 0 Å². The van der Waals surface area contributed by atoms with Gasteiger partial charge in [-0.15, -0.1) is 0 Å². The van der Waals surface area contributed by atoms with Crippen molar-refractivity contribution < 1.29 is 4.74 Å². The first kappa shape index (κ1) is 14.8. The van der Waals surface area contributed by atoms with Crippen LogP contribution in [0.5, 0.6) is 5.75 Å². The van der Waals surface area contributed by atoms with E-state index in [1.165, 1.54) is 12.8 Å². The molecule has 0 aliphatic rings. The van der Waals surface area contributed by atoms with Crippen LogP contribution in [0.2, 0.25) is 0 Å². The lowest BCUT2D eigenvalue weighted by Gasteiger charge is -2.13. The number of thiocarbonyl (C=S) groups is 1. The molecule has 0 amide bonds. The molecule has 0 heterocycles. The summed E-state index contributed by atoms with van der Waals surface area (Å²) >= 11 is 5.25. The predicted octanol–water partition coefficient (Wildman–Crippen LogP) is 3.56. The molecule has 0 atom stereocenters. The molecule has 3 nitrogen and oxygen atoms in total. The van der Waals surface area contributed by atoms with Crippen molar-refractivity contribution in [2.75, 3.05) is 18.5 Å². The van der Waals surface area contributed by atoms with E-state index in [2.05, 4.69) is 17.6 Å². The average molecular weight is 266 g/mol. The Hall–Kier alpha value is -1.29. The number of para-hydroxylation sites is 2. The lowest BCUT2D eigenvalue weighted by Crippen LogP contribution is -2.29. The minimum Gasteiger partial charge on any atom is -0.492 e. The largest absolute Gasteiger partial charge is 0.492 e. The van der Waals surface area contributed by atoms with Gasteiger partial charge in [0.25, 0.3) is 0 Å². The maximum absolute atomic E-state index is 5.53. The third-order valence-corrected chi connectivity index (χ3v) is 2.75. The lowest BCUT2D eigenvalue weighted by atomic mass is 10.2. The summed E-state index contributed by atoms with van der Waals surface area (Å²) in [6, 6.07) is 7.81. The van der Waals surface area contributed by atoms with Crippen molar-refractivity contribution in [2.45, 2.75) is 33.1 Å². The maximum atomic E-state index is 5.53. The Morgan fingerprint density at radius 1 is 1.22 bits per heavy atom. The molecule has 2 N–H and O–H groups in total. The van der Waals surface area contributed by atoms with E-state index >= 15 is 0 Å². The molecule has 0 aromatic heterocycles. The van der Waals surface area contributed by atoms with Crippen LogP contribution in [0.4, 0.5) is 5.69 Å². The first-order valence-corrected chi connectivity index (χ1v) is 6.95. The Kier molecular flexibility index (Phi) is 7.18. The van der Waals surface area contributed by atoms with Gasteiger partial charge in [0.05, 0.1) is 12.3 Å². The van der Waals surface area contributed by atoms with E-state index in [0.29, 0.717) is 11.7 Å². The van der Waals surface area contributed by atoms with E-state index < -0.39 is 0 Å². The van der Waals surface area contributed by atoms with Crippen LogP contribution in [0.3, 0.4) is 0 Å². The fraction of sp³-hybridized carbons (Fsp3) is 0.500. The highest BCUT2D eigenvalue weighted by Gasteiger charge is 2.03. The molecule has 0 radical (unpaired) electrons. The number of anilines is 1. The minimum atomic E-state index is 0.648. The van der Waals surface area contributed by atoms with Crippen LogP contribution in [0.1, 0.15) is 33.1 Å².